The molecule has 0 radical (unpaired) electrons. The second kappa shape index (κ2) is 7.10. The quantitative estimate of drug-likeness (QED) is 0.442. The van der Waals surface area contributed by atoms with E-state index < -0.39 is 8.32 Å². The topological polar surface area (TPSA) is 9.23 Å². The molecule has 0 N–H and O–H groups in total. The predicted molar refractivity (Wildman–Crippen MR) is 71.5 cm³/mol. The second-order valence-electron chi connectivity index (χ2n) is 4.79. The van der Waals surface area contributed by atoms with Gasteiger partial charge in [0.1, 0.15) is 0 Å². The largest absolute Gasteiger partial charge is 0.547 e. The predicted octanol–water partition coefficient (Wildman–Crippen LogP) is 4.96. The van der Waals surface area contributed by atoms with Crippen LogP contribution in [0.15, 0.2) is 11.8 Å². The molecule has 0 bridgehead atoms. The minimum atomic E-state index is -1.42. The van der Waals surface area contributed by atoms with Crippen LogP contribution in [0.1, 0.15) is 48.0 Å². The third kappa shape index (κ3) is 5.40. The van der Waals surface area contributed by atoms with E-state index in [4.69, 9.17) is 4.43 Å². The summed E-state index contributed by atoms with van der Waals surface area (Å²) < 4.78 is 6.24. The summed E-state index contributed by atoms with van der Waals surface area (Å²) in [6, 6.07) is 3.69. The first kappa shape index (κ1) is 14.8. The summed E-state index contributed by atoms with van der Waals surface area (Å²) in [4.78, 5) is 0. The maximum Gasteiger partial charge on any atom is 0.250 e. The van der Waals surface area contributed by atoms with E-state index in [-0.39, 0.29) is 0 Å². The Kier molecular flexibility index (Phi) is 6.99. The molecule has 0 aliphatic carbocycles. The van der Waals surface area contributed by atoms with Crippen molar-refractivity contribution < 1.29 is 4.43 Å². The summed E-state index contributed by atoms with van der Waals surface area (Å²) in [5.74, 6) is 1.88. The number of allylic oxidation sites excluding steroid dienone is 2. The van der Waals surface area contributed by atoms with Crippen LogP contribution in [0.5, 0.6) is 0 Å². The van der Waals surface area contributed by atoms with Crippen molar-refractivity contribution in [3.05, 3.63) is 11.8 Å². The molecule has 0 saturated carbocycles. The zero-order chi connectivity index (χ0) is 11.9. The summed E-state index contributed by atoms with van der Waals surface area (Å²) in [6.07, 6.45) is 3.39. The monoisotopic (exact) mass is 228 g/mol. The average molecular weight is 228 g/mol. The Morgan fingerprint density at radius 3 is 1.93 bits per heavy atom. The molecule has 0 aliphatic heterocycles. The molecule has 0 rings (SSSR count). The second-order valence-corrected chi connectivity index (χ2v) is 9.48. The fourth-order valence-electron chi connectivity index (χ4n) is 1.75. The third-order valence-corrected chi connectivity index (χ3v) is 7.81. The Morgan fingerprint density at radius 1 is 1.13 bits per heavy atom. The van der Waals surface area contributed by atoms with Crippen LogP contribution in [0.25, 0.3) is 0 Å². The minimum absolute atomic E-state index is 0.726. The van der Waals surface area contributed by atoms with Crippen LogP contribution in [0.2, 0.25) is 18.1 Å². The lowest BCUT2D eigenvalue weighted by molar-refractivity contribution is 0.402. The van der Waals surface area contributed by atoms with Crippen LogP contribution in [0.4, 0.5) is 0 Å². The van der Waals surface area contributed by atoms with Gasteiger partial charge in [-0.2, -0.15) is 0 Å². The maximum atomic E-state index is 6.24. The van der Waals surface area contributed by atoms with Crippen molar-refractivity contribution in [2.45, 2.75) is 66.1 Å². The molecule has 0 amide bonds. The molecule has 0 fully saturated rings. The smallest absolute Gasteiger partial charge is 0.250 e. The normalized spacial score (nSPS) is 13.4. The van der Waals surface area contributed by atoms with Gasteiger partial charge in [-0.05, 0) is 43.5 Å². The summed E-state index contributed by atoms with van der Waals surface area (Å²) in [6.45, 7) is 13.4. The fraction of sp³-hybridized carbons (Fsp3) is 0.846. The van der Waals surface area contributed by atoms with Crippen molar-refractivity contribution in [2.24, 2.45) is 5.92 Å². The molecule has 2 heteroatoms. The first-order chi connectivity index (χ1) is 6.99. The van der Waals surface area contributed by atoms with Gasteiger partial charge >= 0.3 is 0 Å². The number of hydrogen-bond acceptors (Lipinski definition) is 1. The summed E-state index contributed by atoms with van der Waals surface area (Å²) in [7, 11) is -1.42. The standard InChI is InChI=1S/C13H28OSi/c1-7-15(8-2,9-3)14-13(6)11-10-12(4)5/h11-12H,7-10H2,1-6H3/b13-11+. The van der Waals surface area contributed by atoms with Crippen molar-refractivity contribution in [3.63, 3.8) is 0 Å². The average Bonchev–Trinajstić information content (AvgIpc) is 2.23. The summed E-state index contributed by atoms with van der Waals surface area (Å²) >= 11 is 0. The molecule has 1 nitrogen and oxygen atoms in total. The van der Waals surface area contributed by atoms with Gasteiger partial charge in [-0.3, -0.25) is 0 Å². The summed E-state index contributed by atoms with van der Waals surface area (Å²) in [5, 5.41) is 0. The van der Waals surface area contributed by atoms with E-state index in [1.807, 2.05) is 0 Å². The SMILES string of the molecule is CC[Si](CC)(CC)O/C(C)=C/CC(C)C. The van der Waals surface area contributed by atoms with E-state index in [2.05, 4.69) is 47.6 Å². The van der Waals surface area contributed by atoms with Crippen molar-refractivity contribution in [1.29, 1.82) is 0 Å². The highest BCUT2D eigenvalue weighted by molar-refractivity contribution is 6.73. The van der Waals surface area contributed by atoms with Crippen LogP contribution in [-0.2, 0) is 4.43 Å². The molecule has 0 aromatic carbocycles. The van der Waals surface area contributed by atoms with Crippen molar-refractivity contribution in [1.82, 2.24) is 0 Å². The Labute approximate surface area is 97.0 Å². The van der Waals surface area contributed by atoms with Crippen LogP contribution in [-0.4, -0.2) is 8.32 Å². The zero-order valence-electron chi connectivity index (χ0n) is 11.4. The summed E-state index contributed by atoms with van der Waals surface area (Å²) in [5.41, 5.74) is 0. The lowest BCUT2D eigenvalue weighted by Gasteiger charge is -2.29. The molecule has 0 spiro atoms. The van der Waals surface area contributed by atoms with Crippen LogP contribution < -0.4 is 0 Å². The molecule has 90 valence electrons. The van der Waals surface area contributed by atoms with Gasteiger partial charge in [0.25, 0.3) is 0 Å². The third-order valence-electron chi connectivity index (χ3n) is 3.19. The van der Waals surface area contributed by atoms with Gasteiger partial charge in [0.15, 0.2) is 0 Å². The van der Waals surface area contributed by atoms with Crippen molar-refractivity contribution >= 4 is 8.32 Å². The van der Waals surface area contributed by atoms with Crippen molar-refractivity contribution in [3.8, 4) is 0 Å². The molecule has 0 atom stereocenters. The van der Waals surface area contributed by atoms with Gasteiger partial charge < -0.3 is 4.43 Å². The highest BCUT2D eigenvalue weighted by Gasteiger charge is 2.30. The zero-order valence-corrected chi connectivity index (χ0v) is 12.4. The Morgan fingerprint density at radius 2 is 1.60 bits per heavy atom. The first-order valence-corrected chi connectivity index (χ1v) is 8.88. The lowest BCUT2D eigenvalue weighted by Crippen LogP contribution is -2.34. The molecular formula is C13H28OSi. The van der Waals surface area contributed by atoms with Crippen LogP contribution in [0.3, 0.4) is 0 Å². The Bertz CT molecular complexity index is 184. The number of rotatable bonds is 7. The molecule has 0 aromatic rings. The van der Waals surface area contributed by atoms with E-state index in [1.165, 1.54) is 18.1 Å². The Balaban J connectivity index is 4.34. The Hall–Kier alpha value is -0.243. The van der Waals surface area contributed by atoms with Crippen LogP contribution in [0, 0.1) is 5.92 Å². The van der Waals surface area contributed by atoms with E-state index in [1.54, 1.807) is 0 Å². The van der Waals surface area contributed by atoms with E-state index >= 15 is 0 Å². The van der Waals surface area contributed by atoms with Gasteiger partial charge in [-0.25, -0.2) is 0 Å². The molecule has 0 heterocycles. The van der Waals surface area contributed by atoms with E-state index in [0.717, 1.165) is 18.1 Å². The highest BCUT2D eigenvalue weighted by Crippen LogP contribution is 2.24. The van der Waals surface area contributed by atoms with E-state index in [9.17, 15) is 0 Å². The molecule has 0 saturated heterocycles. The van der Waals surface area contributed by atoms with E-state index in [0.29, 0.717) is 0 Å². The van der Waals surface area contributed by atoms with Gasteiger partial charge in [0.2, 0.25) is 8.32 Å². The number of hydrogen-bond donors (Lipinski definition) is 0. The lowest BCUT2D eigenvalue weighted by atomic mass is 10.1. The first-order valence-electron chi connectivity index (χ1n) is 6.35. The minimum Gasteiger partial charge on any atom is -0.547 e. The van der Waals surface area contributed by atoms with Gasteiger partial charge in [0.05, 0.1) is 5.76 Å². The molecule has 0 aliphatic rings. The van der Waals surface area contributed by atoms with Gasteiger partial charge in [0, 0.05) is 0 Å². The van der Waals surface area contributed by atoms with Gasteiger partial charge in [-0.15, -0.1) is 0 Å². The van der Waals surface area contributed by atoms with Crippen molar-refractivity contribution in [2.75, 3.05) is 0 Å². The molecule has 15 heavy (non-hydrogen) atoms. The molecule has 0 unspecified atom stereocenters. The molecule has 0 aromatic heterocycles. The van der Waals surface area contributed by atoms with Crippen LogP contribution >= 0.6 is 0 Å². The fourth-order valence-corrected chi connectivity index (χ4v) is 4.45. The van der Waals surface area contributed by atoms with Gasteiger partial charge in [-0.1, -0.05) is 34.6 Å². The molecular weight excluding hydrogens is 200 g/mol. The highest BCUT2D eigenvalue weighted by atomic mass is 28.4. The maximum absolute atomic E-state index is 6.24.